The minimum absolute atomic E-state index is 0.355. The molecule has 0 unspecified atom stereocenters. The van der Waals surface area contributed by atoms with Crippen LogP contribution in [0.15, 0.2) is 12.3 Å². The minimum Gasteiger partial charge on any atom is -0.462 e. The van der Waals surface area contributed by atoms with Gasteiger partial charge in [0.2, 0.25) is 0 Å². The highest BCUT2D eigenvalue weighted by Gasteiger charge is 2.09. The van der Waals surface area contributed by atoms with Crippen molar-refractivity contribution in [2.75, 3.05) is 6.61 Å². The Morgan fingerprint density at radius 3 is 2.86 bits per heavy atom. The lowest BCUT2D eigenvalue weighted by molar-refractivity contribution is 0.0526. The maximum absolute atomic E-state index is 11.3. The molecule has 0 aliphatic heterocycles. The van der Waals surface area contributed by atoms with E-state index in [4.69, 9.17) is 16.3 Å². The second-order valence-corrected chi connectivity index (χ2v) is 3.11. The van der Waals surface area contributed by atoms with Crippen molar-refractivity contribution in [3.63, 3.8) is 0 Å². The number of carbonyl (C=O) groups is 1. The first-order valence-corrected chi connectivity index (χ1v) is 4.88. The van der Waals surface area contributed by atoms with Crippen molar-refractivity contribution < 1.29 is 9.53 Å². The van der Waals surface area contributed by atoms with Crippen molar-refractivity contribution in [2.24, 2.45) is 0 Å². The summed E-state index contributed by atoms with van der Waals surface area (Å²) in [6.07, 6.45) is 2.18. The number of hydrogen-bond donors (Lipinski definition) is 0. The van der Waals surface area contributed by atoms with Gasteiger partial charge in [0.25, 0.3) is 0 Å². The smallest absolute Gasteiger partial charge is 0.339 e. The molecule has 0 aliphatic rings. The molecule has 4 heteroatoms. The highest BCUT2D eigenvalue weighted by Crippen LogP contribution is 2.15. The SMILES string of the molecule is CCOC(=O)c1cnc(Cl)c(CC)c1. The maximum atomic E-state index is 11.3. The van der Waals surface area contributed by atoms with Crippen LogP contribution in [0.5, 0.6) is 0 Å². The van der Waals surface area contributed by atoms with Crippen molar-refractivity contribution in [2.45, 2.75) is 20.3 Å². The summed E-state index contributed by atoms with van der Waals surface area (Å²) in [4.78, 5) is 15.2. The molecule has 3 nitrogen and oxygen atoms in total. The second-order valence-electron chi connectivity index (χ2n) is 2.75. The molecule has 0 radical (unpaired) electrons. The largest absolute Gasteiger partial charge is 0.462 e. The zero-order chi connectivity index (χ0) is 10.6. The van der Waals surface area contributed by atoms with Crippen LogP contribution >= 0.6 is 11.6 Å². The molecule has 0 fully saturated rings. The third kappa shape index (κ3) is 2.45. The topological polar surface area (TPSA) is 39.2 Å². The number of ether oxygens (including phenoxy) is 1. The Morgan fingerprint density at radius 2 is 2.29 bits per heavy atom. The van der Waals surface area contributed by atoms with Gasteiger partial charge in [-0.15, -0.1) is 0 Å². The summed E-state index contributed by atoms with van der Waals surface area (Å²) in [5.41, 5.74) is 1.31. The van der Waals surface area contributed by atoms with Crippen molar-refractivity contribution in [3.05, 3.63) is 28.5 Å². The molecule has 1 rings (SSSR count). The molecule has 0 amide bonds. The average Bonchev–Trinajstić information content (AvgIpc) is 2.19. The Kier molecular flexibility index (Phi) is 3.89. The van der Waals surface area contributed by atoms with Gasteiger partial charge in [0, 0.05) is 6.20 Å². The summed E-state index contributed by atoms with van der Waals surface area (Å²) in [5.74, 6) is -0.355. The summed E-state index contributed by atoms with van der Waals surface area (Å²) >= 11 is 5.81. The van der Waals surface area contributed by atoms with Crippen LogP contribution in [0.3, 0.4) is 0 Å². The summed E-state index contributed by atoms with van der Waals surface area (Å²) in [6.45, 7) is 4.09. The standard InChI is InChI=1S/C10H12ClNO2/c1-3-7-5-8(6-12-9(7)11)10(13)14-4-2/h5-6H,3-4H2,1-2H3. The molecular formula is C10H12ClNO2. The summed E-state index contributed by atoms with van der Waals surface area (Å²) in [7, 11) is 0. The normalized spacial score (nSPS) is 9.93. The van der Waals surface area contributed by atoms with Crippen LogP contribution in [0.25, 0.3) is 0 Å². The monoisotopic (exact) mass is 213 g/mol. The molecule has 0 aliphatic carbocycles. The van der Waals surface area contributed by atoms with E-state index in [1.165, 1.54) is 6.20 Å². The van der Waals surface area contributed by atoms with Gasteiger partial charge < -0.3 is 4.74 Å². The van der Waals surface area contributed by atoms with Crippen molar-refractivity contribution in [1.82, 2.24) is 4.98 Å². The molecule has 0 N–H and O–H groups in total. The van der Waals surface area contributed by atoms with Crippen LogP contribution in [0.4, 0.5) is 0 Å². The van der Waals surface area contributed by atoms with Gasteiger partial charge in [-0.25, -0.2) is 9.78 Å². The highest BCUT2D eigenvalue weighted by atomic mass is 35.5. The van der Waals surface area contributed by atoms with Gasteiger partial charge in [-0.2, -0.15) is 0 Å². The third-order valence-electron chi connectivity index (χ3n) is 1.80. The summed E-state index contributed by atoms with van der Waals surface area (Å²) in [6, 6.07) is 1.72. The predicted octanol–water partition coefficient (Wildman–Crippen LogP) is 2.47. The van der Waals surface area contributed by atoms with Crippen LogP contribution in [0, 0.1) is 0 Å². The minimum atomic E-state index is -0.355. The Hall–Kier alpha value is -1.09. The molecule has 76 valence electrons. The molecule has 0 saturated heterocycles. The quantitative estimate of drug-likeness (QED) is 0.572. The fourth-order valence-electron chi connectivity index (χ4n) is 1.07. The number of rotatable bonds is 3. The molecule has 0 atom stereocenters. The molecule has 1 heterocycles. The molecular weight excluding hydrogens is 202 g/mol. The number of carbonyl (C=O) groups excluding carboxylic acids is 1. The van der Waals surface area contributed by atoms with Crippen LogP contribution in [-0.4, -0.2) is 17.6 Å². The van der Waals surface area contributed by atoms with E-state index in [1.807, 2.05) is 6.92 Å². The van der Waals surface area contributed by atoms with Gasteiger partial charge in [0.05, 0.1) is 12.2 Å². The first-order valence-electron chi connectivity index (χ1n) is 4.50. The molecule has 1 aromatic rings. The highest BCUT2D eigenvalue weighted by molar-refractivity contribution is 6.30. The second kappa shape index (κ2) is 4.96. The van der Waals surface area contributed by atoms with Gasteiger partial charge >= 0.3 is 5.97 Å². The summed E-state index contributed by atoms with van der Waals surface area (Å²) in [5, 5.41) is 0.445. The fourth-order valence-corrected chi connectivity index (χ4v) is 1.30. The lowest BCUT2D eigenvalue weighted by Gasteiger charge is -2.04. The van der Waals surface area contributed by atoms with E-state index in [9.17, 15) is 4.79 Å². The van der Waals surface area contributed by atoms with Gasteiger partial charge in [0.1, 0.15) is 5.15 Å². The number of hydrogen-bond acceptors (Lipinski definition) is 3. The van der Waals surface area contributed by atoms with E-state index >= 15 is 0 Å². The van der Waals surface area contributed by atoms with Gasteiger partial charge in [-0.3, -0.25) is 0 Å². The van der Waals surface area contributed by atoms with E-state index in [2.05, 4.69) is 4.98 Å². The molecule has 0 bridgehead atoms. The zero-order valence-electron chi connectivity index (χ0n) is 8.21. The van der Waals surface area contributed by atoms with Crippen LogP contribution in [0.1, 0.15) is 29.8 Å². The number of pyridine rings is 1. The number of nitrogens with zero attached hydrogens (tertiary/aromatic N) is 1. The lowest BCUT2D eigenvalue weighted by atomic mass is 10.2. The van der Waals surface area contributed by atoms with Crippen LogP contribution < -0.4 is 0 Å². The number of aromatic nitrogens is 1. The molecule has 0 aromatic carbocycles. The van der Waals surface area contributed by atoms with Crippen LogP contribution in [0.2, 0.25) is 5.15 Å². The first-order chi connectivity index (χ1) is 6.69. The van der Waals surface area contributed by atoms with Gasteiger partial charge in [-0.05, 0) is 25.0 Å². The number of halogens is 1. The third-order valence-corrected chi connectivity index (χ3v) is 2.14. The van der Waals surface area contributed by atoms with Crippen molar-refractivity contribution in [3.8, 4) is 0 Å². The number of aryl methyl sites for hydroxylation is 1. The molecule has 14 heavy (non-hydrogen) atoms. The average molecular weight is 214 g/mol. The predicted molar refractivity (Wildman–Crippen MR) is 54.6 cm³/mol. The Morgan fingerprint density at radius 1 is 1.57 bits per heavy atom. The maximum Gasteiger partial charge on any atom is 0.339 e. The molecule has 1 aromatic heterocycles. The molecule has 0 saturated carbocycles. The van der Waals surface area contributed by atoms with E-state index in [-0.39, 0.29) is 5.97 Å². The van der Waals surface area contributed by atoms with E-state index in [1.54, 1.807) is 13.0 Å². The zero-order valence-corrected chi connectivity index (χ0v) is 8.97. The molecule has 0 spiro atoms. The van der Waals surface area contributed by atoms with Crippen molar-refractivity contribution in [1.29, 1.82) is 0 Å². The lowest BCUT2D eigenvalue weighted by Crippen LogP contribution is -2.06. The van der Waals surface area contributed by atoms with E-state index in [0.29, 0.717) is 17.3 Å². The first kappa shape index (κ1) is 11.0. The van der Waals surface area contributed by atoms with Crippen molar-refractivity contribution >= 4 is 17.6 Å². The van der Waals surface area contributed by atoms with Gasteiger partial charge in [-0.1, -0.05) is 18.5 Å². The summed E-state index contributed by atoms with van der Waals surface area (Å²) < 4.78 is 4.85. The van der Waals surface area contributed by atoms with Gasteiger partial charge in [0.15, 0.2) is 0 Å². The Labute approximate surface area is 88.1 Å². The number of esters is 1. The van der Waals surface area contributed by atoms with E-state index < -0.39 is 0 Å². The van der Waals surface area contributed by atoms with Crippen LogP contribution in [-0.2, 0) is 11.2 Å². The Balaban J connectivity index is 2.94. The fraction of sp³-hybridized carbons (Fsp3) is 0.400. The Bertz CT molecular complexity index is 339. The van der Waals surface area contributed by atoms with E-state index in [0.717, 1.165) is 12.0 Å².